The number of alkyl halides is 3. The Kier molecular flexibility index (Phi) is 6.52. The number of para-hydroxylation sites is 1. The fourth-order valence-electron chi connectivity index (χ4n) is 3.46. The molecule has 0 heterocycles. The summed E-state index contributed by atoms with van der Waals surface area (Å²) < 4.78 is 39.8. The molecule has 2 atom stereocenters. The highest BCUT2D eigenvalue weighted by Gasteiger charge is 2.35. The molecule has 0 saturated heterocycles. The second kappa shape index (κ2) is 9.13. The molecule has 0 aromatic heterocycles. The number of rotatable bonds is 6. The second-order valence-corrected chi connectivity index (χ2v) is 7.22. The van der Waals surface area contributed by atoms with E-state index in [1.807, 2.05) is 0 Å². The Hall–Kier alpha value is -3.82. The van der Waals surface area contributed by atoms with Crippen molar-refractivity contribution < 1.29 is 37.8 Å². The van der Waals surface area contributed by atoms with Gasteiger partial charge in [-0.25, -0.2) is 4.79 Å². The quantitative estimate of drug-likeness (QED) is 0.474. The largest absolute Gasteiger partial charge is 0.481 e. The molecule has 1 amide bonds. The molecule has 0 bridgehead atoms. The molecule has 168 valence electrons. The van der Waals surface area contributed by atoms with Crippen molar-refractivity contribution in [2.75, 3.05) is 10.6 Å². The standard InChI is InChI=1S/C22H19F3N2O5/c23-22(24,25)12-9-10-17(26-16-8-4-3-7-15(16)21(31)32)18(11-12)27-19(28)13-5-1-2-6-14(13)20(29)30/h1-4,7-11,13-14,26H,5-6H2,(H,27,28)(H,29,30)(H,31,32). The summed E-state index contributed by atoms with van der Waals surface area (Å²) in [4.78, 5) is 35.7. The Balaban J connectivity index is 1.97. The van der Waals surface area contributed by atoms with Crippen LogP contribution in [0.1, 0.15) is 28.8 Å². The van der Waals surface area contributed by atoms with Gasteiger partial charge in [-0.05, 0) is 43.2 Å². The molecule has 0 spiro atoms. The maximum absolute atomic E-state index is 13.3. The summed E-state index contributed by atoms with van der Waals surface area (Å²) in [5.74, 6) is -5.13. The fourth-order valence-corrected chi connectivity index (χ4v) is 3.46. The average Bonchev–Trinajstić information content (AvgIpc) is 2.74. The summed E-state index contributed by atoms with van der Waals surface area (Å²) in [6, 6.07) is 8.38. The third kappa shape index (κ3) is 5.08. The first-order valence-corrected chi connectivity index (χ1v) is 9.57. The summed E-state index contributed by atoms with van der Waals surface area (Å²) >= 11 is 0. The Labute approximate surface area is 180 Å². The van der Waals surface area contributed by atoms with Crippen molar-refractivity contribution in [3.63, 3.8) is 0 Å². The highest BCUT2D eigenvalue weighted by molar-refractivity contribution is 6.00. The predicted octanol–water partition coefficient (Wildman–Crippen LogP) is 4.75. The number of allylic oxidation sites excluding steroid dienone is 2. The second-order valence-electron chi connectivity index (χ2n) is 7.22. The molecule has 3 rings (SSSR count). The van der Waals surface area contributed by atoms with Gasteiger partial charge in [0.2, 0.25) is 5.91 Å². The Morgan fingerprint density at radius 2 is 1.53 bits per heavy atom. The summed E-state index contributed by atoms with van der Waals surface area (Å²) in [6.45, 7) is 0. The van der Waals surface area contributed by atoms with Crippen LogP contribution in [0.25, 0.3) is 0 Å². The third-order valence-corrected chi connectivity index (χ3v) is 5.12. The molecular weight excluding hydrogens is 429 g/mol. The lowest BCUT2D eigenvalue weighted by atomic mass is 9.82. The molecular formula is C22H19F3N2O5. The molecule has 4 N–H and O–H groups in total. The molecule has 2 unspecified atom stereocenters. The fraction of sp³-hybridized carbons (Fsp3) is 0.227. The van der Waals surface area contributed by atoms with E-state index in [2.05, 4.69) is 10.6 Å². The highest BCUT2D eigenvalue weighted by Crippen LogP contribution is 2.36. The van der Waals surface area contributed by atoms with Gasteiger partial charge in [0.25, 0.3) is 0 Å². The number of benzene rings is 2. The zero-order valence-electron chi connectivity index (χ0n) is 16.5. The minimum Gasteiger partial charge on any atom is -0.481 e. The molecule has 0 radical (unpaired) electrons. The lowest BCUT2D eigenvalue weighted by Gasteiger charge is -2.25. The molecule has 10 heteroatoms. The summed E-state index contributed by atoms with van der Waals surface area (Å²) in [6.07, 6.45) is -1.13. The van der Waals surface area contributed by atoms with Crippen molar-refractivity contribution in [2.45, 2.75) is 19.0 Å². The highest BCUT2D eigenvalue weighted by atomic mass is 19.4. The normalized spacial score (nSPS) is 18.1. The average molecular weight is 448 g/mol. The molecule has 7 nitrogen and oxygen atoms in total. The molecule has 2 aromatic rings. The van der Waals surface area contributed by atoms with Crippen molar-refractivity contribution in [1.29, 1.82) is 0 Å². The number of aliphatic carboxylic acids is 1. The lowest BCUT2D eigenvalue weighted by molar-refractivity contribution is -0.146. The van der Waals surface area contributed by atoms with Crippen LogP contribution >= 0.6 is 0 Å². The van der Waals surface area contributed by atoms with Crippen LogP contribution in [0.2, 0.25) is 0 Å². The van der Waals surface area contributed by atoms with Crippen LogP contribution < -0.4 is 10.6 Å². The minimum absolute atomic E-state index is 0.0262. The summed E-state index contributed by atoms with van der Waals surface area (Å²) in [5.41, 5.74) is -1.25. The molecule has 2 aromatic carbocycles. The number of nitrogens with one attached hydrogen (secondary N) is 2. The number of amides is 1. The molecule has 32 heavy (non-hydrogen) atoms. The van der Waals surface area contributed by atoms with Gasteiger partial charge in [0.15, 0.2) is 0 Å². The van der Waals surface area contributed by atoms with Gasteiger partial charge < -0.3 is 20.8 Å². The van der Waals surface area contributed by atoms with Gasteiger partial charge in [-0.3, -0.25) is 9.59 Å². The zero-order chi connectivity index (χ0) is 23.5. The first kappa shape index (κ1) is 22.9. The molecule has 1 aliphatic rings. The van der Waals surface area contributed by atoms with Gasteiger partial charge in [-0.1, -0.05) is 24.3 Å². The number of carbonyl (C=O) groups is 3. The predicted molar refractivity (Wildman–Crippen MR) is 110 cm³/mol. The van der Waals surface area contributed by atoms with E-state index in [1.165, 1.54) is 18.2 Å². The molecule has 0 aliphatic heterocycles. The monoisotopic (exact) mass is 448 g/mol. The van der Waals surface area contributed by atoms with E-state index in [4.69, 9.17) is 0 Å². The maximum Gasteiger partial charge on any atom is 0.416 e. The molecule has 1 aliphatic carbocycles. The van der Waals surface area contributed by atoms with Crippen LogP contribution in [0.5, 0.6) is 0 Å². The number of hydrogen-bond donors (Lipinski definition) is 4. The minimum atomic E-state index is -4.69. The van der Waals surface area contributed by atoms with Crippen molar-refractivity contribution in [2.24, 2.45) is 11.8 Å². The Morgan fingerprint density at radius 3 is 2.16 bits per heavy atom. The number of anilines is 3. The van der Waals surface area contributed by atoms with Gasteiger partial charge in [0, 0.05) is 0 Å². The summed E-state index contributed by atoms with van der Waals surface area (Å²) in [7, 11) is 0. The number of hydrogen-bond acceptors (Lipinski definition) is 4. The van der Waals surface area contributed by atoms with Crippen LogP contribution in [0.4, 0.5) is 30.2 Å². The van der Waals surface area contributed by atoms with Crippen molar-refractivity contribution in [1.82, 2.24) is 0 Å². The van der Waals surface area contributed by atoms with E-state index in [0.717, 1.165) is 18.2 Å². The Morgan fingerprint density at radius 1 is 0.875 bits per heavy atom. The lowest BCUT2D eigenvalue weighted by Crippen LogP contribution is -2.34. The van der Waals surface area contributed by atoms with E-state index >= 15 is 0 Å². The van der Waals surface area contributed by atoms with E-state index in [0.29, 0.717) is 0 Å². The molecule has 0 saturated carbocycles. The van der Waals surface area contributed by atoms with Crippen molar-refractivity contribution >= 4 is 34.9 Å². The van der Waals surface area contributed by atoms with Crippen LogP contribution in [0, 0.1) is 11.8 Å². The van der Waals surface area contributed by atoms with Gasteiger partial charge in [-0.15, -0.1) is 0 Å². The van der Waals surface area contributed by atoms with Crippen molar-refractivity contribution in [3.8, 4) is 0 Å². The van der Waals surface area contributed by atoms with Gasteiger partial charge in [-0.2, -0.15) is 13.2 Å². The van der Waals surface area contributed by atoms with E-state index in [-0.39, 0.29) is 35.5 Å². The summed E-state index contributed by atoms with van der Waals surface area (Å²) in [5, 5.41) is 23.9. The van der Waals surface area contributed by atoms with Crippen LogP contribution in [-0.4, -0.2) is 28.1 Å². The van der Waals surface area contributed by atoms with Gasteiger partial charge >= 0.3 is 18.1 Å². The van der Waals surface area contributed by atoms with E-state index in [1.54, 1.807) is 18.2 Å². The first-order chi connectivity index (χ1) is 15.1. The van der Waals surface area contributed by atoms with Gasteiger partial charge in [0.05, 0.1) is 40.0 Å². The smallest absolute Gasteiger partial charge is 0.416 e. The van der Waals surface area contributed by atoms with Gasteiger partial charge in [0.1, 0.15) is 0 Å². The molecule has 0 fully saturated rings. The SMILES string of the molecule is O=C(O)c1ccccc1Nc1ccc(C(F)(F)F)cc1NC(=O)C1CC=CCC1C(=O)O. The number of carboxylic acids is 2. The first-order valence-electron chi connectivity index (χ1n) is 9.57. The zero-order valence-corrected chi connectivity index (χ0v) is 16.5. The van der Waals surface area contributed by atoms with Crippen LogP contribution in [0.3, 0.4) is 0 Å². The van der Waals surface area contributed by atoms with Crippen LogP contribution in [-0.2, 0) is 15.8 Å². The van der Waals surface area contributed by atoms with E-state index < -0.39 is 41.4 Å². The third-order valence-electron chi connectivity index (χ3n) is 5.12. The number of aromatic carboxylic acids is 1. The topological polar surface area (TPSA) is 116 Å². The maximum atomic E-state index is 13.3. The number of carboxylic acid groups (broad SMARTS) is 2. The Bertz CT molecular complexity index is 1080. The van der Waals surface area contributed by atoms with E-state index in [9.17, 15) is 37.8 Å². The van der Waals surface area contributed by atoms with Crippen molar-refractivity contribution in [3.05, 3.63) is 65.7 Å². The van der Waals surface area contributed by atoms with Crippen LogP contribution in [0.15, 0.2) is 54.6 Å². The number of halogens is 3. The number of carbonyl (C=O) groups excluding carboxylic acids is 1.